The topological polar surface area (TPSA) is 76.1 Å². The van der Waals surface area contributed by atoms with Gasteiger partial charge in [-0.3, -0.25) is 4.90 Å². The SMILES string of the molecule is COCCCC(C(=O)O)N1CCCOC1=O. The molecule has 1 rings (SSSR count). The Kier molecular flexibility index (Phi) is 5.04. The van der Waals surface area contributed by atoms with E-state index >= 15 is 0 Å². The summed E-state index contributed by atoms with van der Waals surface area (Å²) in [5, 5.41) is 9.05. The van der Waals surface area contributed by atoms with Gasteiger partial charge in [0.25, 0.3) is 0 Å². The van der Waals surface area contributed by atoms with Crippen LogP contribution in [0.1, 0.15) is 19.3 Å². The summed E-state index contributed by atoms with van der Waals surface area (Å²) in [5.74, 6) is -0.991. The van der Waals surface area contributed by atoms with Crippen LogP contribution in [0, 0.1) is 0 Å². The molecule has 0 bridgehead atoms. The van der Waals surface area contributed by atoms with Crippen LogP contribution in [0.15, 0.2) is 0 Å². The summed E-state index contributed by atoms with van der Waals surface area (Å²) in [6, 6.07) is -0.803. The highest BCUT2D eigenvalue weighted by molar-refractivity contribution is 5.80. The predicted octanol–water partition coefficient (Wildman–Crippen LogP) is 0.709. The Morgan fingerprint density at radius 1 is 1.69 bits per heavy atom. The van der Waals surface area contributed by atoms with E-state index in [1.165, 1.54) is 4.90 Å². The second-order valence-electron chi connectivity index (χ2n) is 3.65. The lowest BCUT2D eigenvalue weighted by atomic mass is 10.1. The molecule has 0 saturated carbocycles. The Bertz CT molecular complexity index is 256. The molecule has 0 spiro atoms. The van der Waals surface area contributed by atoms with Crippen molar-refractivity contribution in [3.8, 4) is 0 Å². The van der Waals surface area contributed by atoms with Crippen molar-refractivity contribution >= 4 is 12.1 Å². The number of carboxylic acids is 1. The number of hydrogen-bond acceptors (Lipinski definition) is 4. The van der Waals surface area contributed by atoms with Gasteiger partial charge < -0.3 is 14.6 Å². The third-order valence-corrected chi connectivity index (χ3v) is 2.49. The van der Waals surface area contributed by atoms with Crippen molar-refractivity contribution in [1.29, 1.82) is 0 Å². The fourth-order valence-electron chi connectivity index (χ4n) is 1.69. The molecule has 1 aliphatic rings. The monoisotopic (exact) mass is 231 g/mol. The van der Waals surface area contributed by atoms with Gasteiger partial charge in [-0.1, -0.05) is 0 Å². The number of nitrogens with zero attached hydrogens (tertiary/aromatic N) is 1. The molecule has 1 amide bonds. The number of carbonyl (C=O) groups excluding carboxylic acids is 1. The molecule has 92 valence electrons. The van der Waals surface area contributed by atoms with Crippen molar-refractivity contribution < 1.29 is 24.2 Å². The summed E-state index contributed by atoms with van der Waals surface area (Å²) in [6.07, 6.45) is 1.14. The van der Waals surface area contributed by atoms with Gasteiger partial charge in [-0.2, -0.15) is 0 Å². The average molecular weight is 231 g/mol. The van der Waals surface area contributed by atoms with E-state index in [-0.39, 0.29) is 0 Å². The summed E-state index contributed by atoms with van der Waals surface area (Å²) in [7, 11) is 1.56. The molecule has 1 unspecified atom stereocenters. The minimum atomic E-state index is -0.991. The molecule has 0 aromatic rings. The summed E-state index contributed by atoms with van der Waals surface area (Å²) in [5.41, 5.74) is 0. The molecule has 1 aliphatic heterocycles. The maximum Gasteiger partial charge on any atom is 0.410 e. The van der Waals surface area contributed by atoms with E-state index in [2.05, 4.69) is 0 Å². The number of cyclic esters (lactones) is 1. The van der Waals surface area contributed by atoms with Crippen LogP contribution < -0.4 is 0 Å². The van der Waals surface area contributed by atoms with E-state index in [1.54, 1.807) is 7.11 Å². The Morgan fingerprint density at radius 3 is 3.00 bits per heavy atom. The molecular weight excluding hydrogens is 214 g/mol. The van der Waals surface area contributed by atoms with Crippen molar-refractivity contribution in [2.24, 2.45) is 0 Å². The molecule has 1 heterocycles. The van der Waals surface area contributed by atoms with Crippen molar-refractivity contribution in [2.75, 3.05) is 26.9 Å². The van der Waals surface area contributed by atoms with Crippen molar-refractivity contribution in [3.63, 3.8) is 0 Å². The van der Waals surface area contributed by atoms with Crippen LogP contribution in [-0.4, -0.2) is 55.0 Å². The van der Waals surface area contributed by atoms with Gasteiger partial charge in [-0.05, 0) is 19.3 Å². The summed E-state index contributed by atoms with van der Waals surface area (Å²) in [4.78, 5) is 23.7. The third kappa shape index (κ3) is 3.37. The third-order valence-electron chi connectivity index (χ3n) is 2.49. The molecule has 1 atom stereocenters. The van der Waals surface area contributed by atoms with Crippen molar-refractivity contribution in [1.82, 2.24) is 4.90 Å². The van der Waals surface area contributed by atoms with Gasteiger partial charge in [0.1, 0.15) is 6.04 Å². The number of amides is 1. The highest BCUT2D eigenvalue weighted by atomic mass is 16.6. The standard InChI is InChI=1S/C10H17NO5/c1-15-6-2-4-8(9(12)13)11-5-3-7-16-10(11)14/h8H,2-7H2,1H3,(H,12,13). The fraction of sp³-hybridized carbons (Fsp3) is 0.800. The lowest BCUT2D eigenvalue weighted by Crippen LogP contribution is -2.48. The molecule has 0 radical (unpaired) electrons. The van der Waals surface area contributed by atoms with E-state index in [0.717, 1.165) is 0 Å². The molecule has 0 aliphatic carbocycles. The number of methoxy groups -OCH3 is 1. The maximum absolute atomic E-state index is 11.4. The van der Waals surface area contributed by atoms with Crippen LogP contribution in [0.25, 0.3) is 0 Å². The first kappa shape index (κ1) is 12.8. The minimum Gasteiger partial charge on any atom is -0.480 e. The lowest BCUT2D eigenvalue weighted by Gasteiger charge is -2.31. The number of carbonyl (C=O) groups is 2. The van der Waals surface area contributed by atoms with E-state index in [0.29, 0.717) is 39.0 Å². The Balaban J connectivity index is 2.53. The number of rotatable bonds is 6. The molecule has 16 heavy (non-hydrogen) atoms. The molecule has 0 aromatic heterocycles. The molecule has 6 heteroatoms. The second-order valence-corrected chi connectivity index (χ2v) is 3.65. The highest BCUT2D eigenvalue weighted by Crippen LogP contribution is 2.14. The molecule has 1 saturated heterocycles. The summed E-state index contributed by atoms with van der Waals surface area (Å²) < 4.78 is 9.68. The zero-order valence-electron chi connectivity index (χ0n) is 9.35. The zero-order chi connectivity index (χ0) is 12.0. The van der Waals surface area contributed by atoms with Gasteiger partial charge in [-0.15, -0.1) is 0 Å². The Morgan fingerprint density at radius 2 is 2.44 bits per heavy atom. The number of hydrogen-bond donors (Lipinski definition) is 1. The first-order valence-electron chi connectivity index (χ1n) is 5.32. The molecule has 1 fully saturated rings. The molecular formula is C10H17NO5. The first-order chi connectivity index (χ1) is 7.66. The van der Waals surface area contributed by atoms with E-state index in [1.807, 2.05) is 0 Å². The van der Waals surface area contributed by atoms with E-state index in [9.17, 15) is 9.59 Å². The first-order valence-corrected chi connectivity index (χ1v) is 5.32. The largest absolute Gasteiger partial charge is 0.480 e. The van der Waals surface area contributed by atoms with Gasteiger partial charge in [0.15, 0.2) is 0 Å². The number of carboxylic acid groups (broad SMARTS) is 1. The lowest BCUT2D eigenvalue weighted by molar-refractivity contribution is -0.143. The van der Waals surface area contributed by atoms with Crippen LogP contribution in [0.3, 0.4) is 0 Å². The van der Waals surface area contributed by atoms with Crippen LogP contribution >= 0.6 is 0 Å². The Hall–Kier alpha value is -1.30. The Labute approximate surface area is 94.1 Å². The maximum atomic E-state index is 11.4. The minimum absolute atomic E-state index is 0.375. The van der Waals surface area contributed by atoms with E-state index < -0.39 is 18.1 Å². The molecule has 1 N–H and O–H groups in total. The fourth-order valence-corrected chi connectivity index (χ4v) is 1.69. The smallest absolute Gasteiger partial charge is 0.410 e. The van der Waals surface area contributed by atoms with E-state index in [4.69, 9.17) is 14.6 Å². The van der Waals surface area contributed by atoms with Gasteiger partial charge >= 0.3 is 12.1 Å². The second kappa shape index (κ2) is 6.32. The van der Waals surface area contributed by atoms with Crippen LogP contribution in [0.4, 0.5) is 4.79 Å². The average Bonchev–Trinajstić information content (AvgIpc) is 2.25. The van der Waals surface area contributed by atoms with Gasteiger partial charge in [0, 0.05) is 20.3 Å². The number of aliphatic carboxylic acids is 1. The van der Waals surface area contributed by atoms with Gasteiger partial charge in [0.2, 0.25) is 0 Å². The van der Waals surface area contributed by atoms with Gasteiger partial charge in [-0.25, -0.2) is 9.59 Å². The normalized spacial score (nSPS) is 18.1. The van der Waals surface area contributed by atoms with Crippen LogP contribution in [0.2, 0.25) is 0 Å². The van der Waals surface area contributed by atoms with Gasteiger partial charge in [0.05, 0.1) is 6.61 Å². The van der Waals surface area contributed by atoms with Crippen LogP contribution in [0.5, 0.6) is 0 Å². The quantitative estimate of drug-likeness (QED) is 0.681. The van der Waals surface area contributed by atoms with Crippen molar-refractivity contribution in [2.45, 2.75) is 25.3 Å². The highest BCUT2D eigenvalue weighted by Gasteiger charge is 2.32. The summed E-state index contributed by atoms with van der Waals surface area (Å²) >= 11 is 0. The van der Waals surface area contributed by atoms with Crippen molar-refractivity contribution in [3.05, 3.63) is 0 Å². The predicted molar refractivity (Wildman–Crippen MR) is 55.2 cm³/mol. The molecule has 0 aromatic carbocycles. The summed E-state index contributed by atoms with van der Waals surface area (Å²) in [6.45, 7) is 1.31. The number of ether oxygens (including phenoxy) is 2. The zero-order valence-corrected chi connectivity index (χ0v) is 9.35. The van der Waals surface area contributed by atoms with Crippen LogP contribution in [-0.2, 0) is 14.3 Å². The molecule has 6 nitrogen and oxygen atoms in total.